The van der Waals surface area contributed by atoms with E-state index in [0.717, 1.165) is 18.3 Å². The van der Waals surface area contributed by atoms with Crippen LogP contribution in [0.4, 0.5) is 0 Å². The standard InChI is InChI=1S/C21H27OS2/c1-2-6-17(7-3-1)16-22-20-10-11-21(24-14-12-23-13-15-24)19-9-5-4-8-18(19)20/h4-5,8-11,17H,1-3,6-7,12-16H2/q+1. The van der Waals surface area contributed by atoms with E-state index in [9.17, 15) is 0 Å². The average molecular weight is 360 g/mol. The largest absolute Gasteiger partial charge is 0.493 e. The summed E-state index contributed by atoms with van der Waals surface area (Å²) >= 11 is 2.11. The molecule has 0 N–H and O–H groups in total. The Hall–Kier alpha value is -0.800. The molecular formula is C21H27OS2+. The van der Waals surface area contributed by atoms with Crippen molar-refractivity contribution in [3.8, 4) is 5.75 Å². The van der Waals surface area contributed by atoms with Gasteiger partial charge in [-0.25, -0.2) is 0 Å². The number of thioether (sulfide) groups is 1. The Bertz CT molecular complexity index is 673. The number of ether oxygens (including phenoxy) is 1. The maximum atomic E-state index is 6.30. The zero-order chi connectivity index (χ0) is 16.2. The maximum absolute atomic E-state index is 6.30. The van der Waals surface area contributed by atoms with Gasteiger partial charge in [0.25, 0.3) is 0 Å². The highest BCUT2D eigenvalue weighted by atomic mass is 32.2. The van der Waals surface area contributed by atoms with Crippen molar-refractivity contribution in [3.05, 3.63) is 36.4 Å². The van der Waals surface area contributed by atoms with E-state index in [1.165, 1.54) is 65.9 Å². The van der Waals surface area contributed by atoms with Gasteiger partial charge in [-0.1, -0.05) is 37.5 Å². The van der Waals surface area contributed by atoms with Crippen molar-refractivity contribution >= 4 is 33.4 Å². The third kappa shape index (κ3) is 3.72. The molecule has 0 amide bonds. The van der Waals surface area contributed by atoms with Crippen molar-refractivity contribution in [2.75, 3.05) is 29.6 Å². The summed E-state index contributed by atoms with van der Waals surface area (Å²) < 4.78 is 6.30. The molecule has 1 saturated carbocycles. The molecule has 0 unspecified atom stereocenters. The molecule has 0 spiro atoms. The highest BCUT2D eigenvalue weighted by Gasteiger charge is 2.27. The molecule has 0 radical (unpaired) electrons. The normalized spacial score (nSPS) is 20.3. The van der Waals surface area contributed by atoms with Crippen LogP contribution in [-0.2, 0) is 10.9 Å². The van der Waals surface area contributed by atoms with Crippen LogP contribution in [0.3, 0.4) is 0 Å². The zero-order valence-electron chi connectivity index (χ0n) is 14.3. The predicted octanol–water partition coefficient (Wildman–Crippen LogP) is 5.52. The fourth-order valence-corrected chi connectivity index (χ4v) is 8.08. The molecule has 2 aromatic rings. The van der Waals surface area contributed by atoms with Crippen LogP contribution in [0, 0.1) is 5.92 Å². The van der Waals surface area contributed by atoms with Gasteiger partial charge in [0.2, 0.25) is 0 Å². The topological polar surface area (TPSA) is 9.23 Å². The molecule has 24 heavy (non-hydrogen) atoms. The summed E-state index contributed by atoms with van der Waals surface area (Å²) in [6.45, 7) is 0.895. The minimum Gasteiger partial charge on any atom is -0.493 e. The van der Waals surface area contributed by atoms with E-state index in [1.807, 2.05) is 0 Å². The lowest BCUT2D eigenvalue weighted by Gasteiger charge is -2.22. The van der Waals surface area contributed by atoms with Gasteiger partial charge >= 0.3 is 0 Å². The van der Waals surface area contributed by atoms with E-state index in [0.29, 0.717) is 10.9 Å². The summed E-state index contributed by atoms with van der Waals surface area (Å²) in [5.74, 6) is 7.17. The first-order valence-electron chi connectivity index (χ1n) is 9.31. The Morgan fingerprint density at radius 2 is 1.67 bits per heavy atom. The van der Waals surface area contributed by atoms with Crippen LogP contribution in [0.1, 0.15) is 32.1 Å². The first-order chi connectivity index (χ1) is 11.9. The second kappa shape index (κ2) is 8.05. The first-order valence-corrected chi connectivity index (χ1v) is 12.0. The third-order valence-electron chi connectivity index (χ3n) is 5.30. The summed E-state index contributed by atoms with van der Waals surface area (Å²) in [6, 6.07) is 13.5. The number of hydrogen-bond donors (Lipinski definition) is 0. The van der Waals surface area contributed by atoms with E-state index >= 15 is 0 Å². The van der Waals surface area contributed by atoms with Gasteiger partial charge in [-0.3, -0.25) is 0 Å². The van der Waals surface area contributed by atoms with Crippen LogP contribution in [0.25, 0.3) is 10.8 Å². The average Bonchev–Trinajstić information content (AvgIpc) is 2.67. The Kier molecular flexibility index (Phi) is 5.59. The molecule has 2 aliphatic rings. The van der Waals surface area contributed by atoms with E-state index in [-0.39, 0.29) is 0 Å². The molecule has 128 valence electrons. The number of hydrogen-bond acceptors (Lipinski definition) is 2. The Labute approximate surface area is 152 Å². The number of fused-ring (bicyclic) bond motifs is 1. The molecule has 1 nitrogen and oxygen atoms in total. The van der Waals surface area contributed by atoms with E-state index in [2.05, 4.69) is 48.2 Å². The van der Waals surface area contributed by atoms with E-state index < -0.39 is 0 Å². The highest BCUT2D eigenvalue weighted by molar-refractivity contribution is 8.05. The monoisotopic (exact) mass is 359 g/mol. The lowest BCUT2D eigenvalue weighted by molar-refractivity contribution is 0.210. The molecule has 0 aromatic heterocycles. The van der Waals surface area contributed by atoms with Crippen LogP contribution in [0.5, 0.6) is 5.75 Å². The van der Waals surface area contributed by atoms with Crippen LogP contribution in [0.2, 0.25) is 0 Å². The molecule has 4 rings (SSSR count). The summed E-state index contributed by atoms with van der Waals surface area (Å²) in [7, 11) is 0.425. The van der Waals surface area contributed by atoms with Gasteiger partial charge in [0.15, 0.2) is 4.90 Å². The molecule has 1 aliphatic heterocycles. The highest BCUT2D eigenvalue weighted by Crippen LogP contribution is 2.34. The van der Waals surface area contributed by atoms with Gasteiger partial charge in [0.05, 0.1) is 6.61 Å². The molecule has 0 atom stereocenters. The van der Waals surface area contributed by atoms with Crippen molar-refractivity contribution in [1.82, 2.24) is 0 Å². The van der Waals surface area contributed by atoms with Crippen molar-refractivity contribution in [2.24, 2.45) is 5.92 Å². The zero-order valence-corrected chi connectivity index (χ0v) is 16.0. The molecule has 2 fully saturated rings. The Morgan fingerprint density at radius 3 is 2.46 bits per heavy atom. The van der Waals surface area contributed by atoms with E-state index in [1.54, 1.807) is 4.90 Å². The quantitative estimate of drug-likeness (QED) is 0.665. The van der Waals surface area contributed by atoms with Gasteiger partial charge in [-0.2, -0.15) is 11.8 Å². The van der Waals surface area contributed by atoms with Crippen LogP contribution >= 0.6 is 11.8 Å². The van der Waals surface area contributed by atoms with Crippen molar-refractivity contribution in [1.29, 1.82) is 0 Å². The van der Waals surface area contributed by atoms with E-state index in [4.69, 9.17) is 4.74 Å². The van der Waals surface area contributed by atoms with Gasteiger partial charge in [0.1, 0.15) is 17.3 Å². The van der Waals surface area contributed by atoms with Gasteiger partial charge in [-0.05, 0) is 37.0 Å². The minimum absolute atomic E-state index is 0.425. The van der Waals surface area contributed by atoms with Gasteiger partial charge < -0.3 is 4.74 Å². The molecule has 3 heteroatoms. The first kappa shape index (κ1) is 16.7. The van der Waals surface area contributed by atoms with Crippen molar-refractivity contribution < 1.29 is 4.74 Å². The molecule has 1 aliphatic carbocycles. The molecule has 2 aromatic carbocycles. The molecular weight excluding hydrogens is 332 g/mol. The molecule has 0 bridgehead atoms. The van der Waals surface area contributed by atoms with Crippen molar-refractivity contribution in [2.45, 2.75) is 37.0 Å². The lowest BCUT2D eigenvalue weighted by atomic mass is 9.90. The number of rotatable bonds is 4. The SMILES string of the molecule is c1ccc2c([S+]3CCSCC3)ccc(OCC3CCCCC3)c2c1. The summed E-state index contributed by atoms with van der Waals surface area (Å²) in [5.41, 5.74) is 0. The lowest BCUT2D eigenvalue weighted by Crippen LogP contribution is -2.21. The second-order valence-electron chi connectivity index (χ2n) is 6.94. The summed E-state index contributed by atoms with van der Waals surface area (Å²) in [4.78, 5) is 1.57. The molecule has 1 heterocycles. The van der Waals surface area contributed by atoms with Gasteiger partial charge in [-0.15, -0.1) is 0 Å². The minimum atomic E-state index is 0.425. The second-order valence-corrected chi connectivity index (χ2v) is 10.4. The predicted molar refractivity (Wildman–Crippen MR) is 109 cm³/mol. The van der Waals surface area contributed by atoms with Gasteiger partial charge in [0, 0.05) is 33.2 Å². The van der Waals surface area contributed by atoms with Crippen LogP contribution in [0.15, 0.2) is 41.3 Å². The Morgan fingerprint density at radius 1 is 0.917 bits per heavy atom. The fraction of sp³-hybridized carbons (Fsp3) is 0.524. The van der Waals surface area contributed by atoms with Crippen molar-refractivity contribution in [3.63, 3.8) is 0 Å². The maximum Gasteiger partial charge on any atom is 0.163 e. The fourth-order valence-electron chi connectivity index (χ4n) is 3.93. The smallest absolute Gasteiger partial charge is 0.163 e. The Balaban J connectivity index is 1.57. The summed E-state index contributed by atoms with van der Waals surface area (Å²) in [6.07, 6.45) is 6.87. The van der Waals surface area contributed by atoms with Crippen LogP contribution < -0.4 is 4.74 Å². The summed E-state index contributed by atoms with van der Waals surface area (Å²) in [5, 5.41) is 2.74. The molecule has 1 saturated heterocycles. The third-order valence-corrected chi connectivity index (χ3v) is 9.18. The number of benzene rings is 2. The van der Waals surface area contributed by atoms with Crippen LogP contribution in [-0.4, -0.2) is 29.6 Å².